The van der Waals surface area contributed by atoms with Gasteiger partial charge in [0.1, 0.15) is 11.4 Å². The number of Topliss-reactive ketones (excluding diaryl/α,β-unsaturated/α-hetero) is 2. The normalized spacial score (nSPS) is 21.4. The number of rotatable bonds is 8. The highest BCUT2D eigenvalue weighted by molar-refractivity contribution is 6.01. The lowest BCUT2D eigenvalue weighted by atomic mass is 9.68. The summed E-state index contributed by atoms with van der Waals surface area (Å²) in [6.45, 7) is 0. The minimum absolute atomic E-state index is 0.159. The molecule has 8 nitrogen and oxygen atoms in total. The van der Waals surface area contributed by atoms with E-state index >= 15 is 0 Å². The van der Waals surface area contributed by atoms with Crippen LogP contribution in [0.15, 0.2) is 122 Å². The fourth-order valence-corrected chi connectivity index (χ4v) is 8.20. The Bertz CT molecular complexity index is 2240. The van der Waals surface area contributed by atoms with Gasteiger partial charge in [-0.2, -0.15) is 10.2 Å². The lowest BCUT2D eigenvalue weighted by Crippen LogP contribution is -2.31. The standard InChI is InChI=1S/C23H21N3O.C22H19N3O/c27-22(16-5-4-6-16)21-19-9-12-23(15-20(19)25-26-21,17-7-2-1-3-8-17)18-10-13-24-14-11-18;26-21(15-6-7-15)20-18-8-11-22(14-19(18)24-25-20,16-4-2-1-3-5-16)17-9-12-23-13-10-17/h1-3,7-14,16H,4-6,15H2,(H,25,26);1-5,8-13,15H,6-7,14H2,(H,24,25). The molecule has 8 heteroatoms. The molecule has 2 N–H and O–H groups in total. The van der Waals surface area contributed by atoms with Crippen LogP contribution in [0, 0.1) is 11.8 Å². The number of aromatic amines is 2. The largest absolute Gasteiger partial charge is 0.292 e. The summed E-state index contributed by atoms with van der Waals surface area (Å²) in [5.41, 5.74) is 9.43. The molecule has 2 fully saturated rings. The second-order valence-corrected chi connectivity index (χ2v) is 14.7. The summed E-state index contributed by atoms with van der Waals surface area (Å²) >= 11 is 0. The van der Waals surface area contributed by atoms with E-state index in [2.05, 4.69) is 127 Å². The Morgan fingerprint density at radius 3 is 1.30 bits per heavy atom. The first-order valence-electron chi connectivity index (χ1n) is 18.6. The van der Waals surface area contributed by atoms with Gasteiger partial charge in [-0.25, -0.2) is 0 Å². The number of fused-ring (bicyclic) bond motifs is 2. The van der Waals surface area contributed by atoms with E-state index < -0.39 is 0 Å². The predicted octanol–water partition coefficient (Wildman–Crippen LogP) is 8.30. The molecule has 53 heavy (non-hydrogen) atoms. The lowest BCUT2D eigenvalue weighted by molar-refractivity contribution is 0.0849. The number of pyridine rings is 2. The van der Waals surface area contributed by atoms with E-state index in [1.165, 1.54) is 22.3 Å². The van der Waals surface area contributed by atoms with E-state index in [4.69, 9.17) is 0 Å². The number of nitrogens with one attached hydrogen (secondary N) is 2. The Morgan fingerprint density at radius 2 is 0.925 bits per heavy atom. The van der Waals surface area contributed by atoms with Crippen LogP contribution in [0.1, 0.15) is 97.8 Å². The van der Waals surface area contributed by atoms with Crippen molar-refractivity contribution in [1.82, 2.24) is 30.4 Å². The van der Waals surface area contributed by atoms with E-state index in [9.17, 15) is 9.59 Å². The Balaban J connectivity index is 0.000000141. The lowest BCUT2D eigenvalue weighted by Gasteiger charge is -2.34. The van der Waals surface area contributed by atoms with Gasteiger partial charge in [0.15, 0.2) is 11.6 Å². The summed E-state index contributed by atoms with van der Waals surface area (Å²) in [4.78, 5) is 33.6. The van der Waals surface area contributed by atoms with Crippen LogP contribution in [-0.2, 0) is 23.7 Å². The molecule has 0 radical (unpaired) electrons. The van der Waals surface area contributed by atoms with Gasteiger partial charge in [0.25, 0.3) is 0 Å². The zero-order chi connectivity index (χ0) is 35.8. The predicted molar refractivity (Wildman–Crippen MR) is 204 cm³/mol. The van der Waals surface area contributed by atoms with Gasteiger partial charge < -0.3 is 0 Å². The summed E-state index contributed by atoms with van der Waals surface area (Å²) in [5.74, 6) is 0.714. The average Bonchev–Trinajstić information content (AvgIpc) is 3.84. The Labute approximate surface area is 308 Å². The number of benzene rings is 2. The van der Waals surface area contributed by atoms with Gasteiger partial charge >= 0.3 is 0 Å². The van der Waals surface area contributed by atoms with Gasteiger partial charge in [0.05, 0.1) is 0 Å². The fraction of sp³-hybridized carbons (Fsp3) is 0.244. The number of hydrogen-bond donors (Lipinski definition) is 2. The van der Waals surface area contributed by atoms with Crippen LogP contribution < -0.4 is 0 Å². The highest BCUT2D eigenvalue weighted by Gasteiger charge is 2.40. The van der Waals surface area contributed by atoms with Crippen LogP contribution in [0.25, 0.3) is 12.2 Å². The van der Waals surface area contributed by atoms with E-state index in [0.29, 0.717) is 11.4 Å². The molecule has 6 aromatic rings. The van der Waals surface area contributed by atoms with Gasteiger partial charge in [-0.3, -0.25) is 29.8 Å². The molecule has 4 aromatic heterocycles. The third kappa shape index (κ3) is 5.88. The maximum atomic E-state index is 12.7. The number of H-pyrrole nitrogens is 2. The molecule has 0 amide bonds. The molecule has 262 valence electrons. The molecular formula is C45H40N6O2. The minimum atomic E-state index is -0.291. The molecule has 0 bridgehead atoms. The highest BCUT2D eigenvalue weighted by Crippen LogP contribution is 2.44. The van der Waals surface area contributed by atoms with Crippen LogP contribution in [-0.4, -0.2) is 41.9 Å². The van der Waals surface area contributed by atoms with E-state index in [1.54, 1.807) is 0 Å². The summed E-state index contributed by atoms with van der Waals surface area (Å²) < 4.78 is 0. The first kappa shape index (κ1) is 32.9. The number of hydrogen-bond acceptors (Lipinski definition) is 6. The average molecular weight is 697 g/mol. The van der Waals surface area contributed by atoms with Crippen molar-refractivity contribution in [2.24, 2.45) is 11.8 Å². The molecule has 0 saturated heterocycles. The SMILES string of the molecule is O=C(c1n[nH]c2c1C=CC(c1ccccc1)(c1ccncc1)C2)C1CC1.O=C(c1n[nH]c2c1C=CC(c1ccccc1)(c1ccncc1)C2)C1CCC1. The molecule has 0 aliphatic heterocycles. The maximum Gasteiger partial charge on any atom is 0.186 e. The first-order valence-corrected chi connectivity index (χ1v) is 18.6. The Kier molecular flexibility index (Phi) is 8.38. The van der Waals surface area contributed by atoms with Gasteiger partial charge in [0, 0.05) is 82.8 Å². The van der Waals surface area contributed by atoms with Crippen molar-refractivity contribution in [3.63, 3.8) is 0 Å². The van der Waals surface area contributed by atoms with Crippen LogP contribution in [0.2, 0.25) is 0 Å². The summed E-state index contributed by atoms with van der Waals surface area (Å²) in [6.07, 6.45) is 22.6. The van der Waals surface area contributed by atoms with Gasteiger partial charge in [-0.05, 0) is 72.2 Å². The number of carbonyl (C=O) groups excluding carboxylic acids is 2. The van der Waals surface area contributed by atoms with Gasteiger partial charge in [-0.1, -0.05) is 91.4 Å². The van der Waals surface area contributed by atoms with Crippen LogP contribution in [0.3, 0.4) is 0 Å². The second-order valence-electron chi connectivity index (χ2n) is 14.7. The van der Waals surface area contributed by atoms with E-state index in [-0.39, 0.29) is 34.2 Å². The Morgan fingerprint density at radius 1 is 0.528 bits per heavy atom. The Hall–Kier alpha value is -6.02. The number of allylic oxidation sites excluding steroid dienone is 2. The van der Waals surface area contributed by atoms with Gasteiger partial charge in [0.2, 0.25) is 0 Å². The van der Waals surface area contributed by atoms with Crippen molar-refractivity contribution < 1.29 is 9.59 Å². The molecule has 4 aliphatic rings. The smallest absolute Gasteiger partial charge is 0.186 e. The van der Waals surface area contributed by atoms with Crippen molar-refractivity contribution in [3.8, 4) is 0 Å². The molecule has 2 atom stereocenters. The number of ketones is 2. The third-order valence-corrected chi connectivity index (χ3v) is 11.6. The zero-order valence-electron chi connectivity index (χ0n) is 29.4. The topological polar surface area (TPSA) is 117 Å². The van der Waals surface area contributed by atoms with Crippen molar-refractivity contribution >= 4 is 23.7 Å². The minimum Gasteiger partial charge on any atom is -0.292 e. The third-order valence-electron chi connectivity index (χ3n) is 11.6. The van der Waals surface area contributed by atoms with Crippen molar-refractivity contribution in [3.05, 3.63) is 178 Å². The summed E-state index contributed by atoms with van der Waals surface area (Å²) in [5, 5.41) is 15.1. The molecule has 10 rings (SSSR count). The second kappa shape index (κ2) is 13.5. The first-order chi connectivity index (χ1) is 26.1. The van der Waals surface area contributed by atoms with E-state index in [0.717, 1.165) is 67.5 Å². The molecule has 2 unspecified atom stereocenters. The van der Waals surface area contributed by atoms with Crippen molar-refractivity contribution in [1.29, 1.82) is 0 Å². The summed E-state index contributed by atoms with van der Waals surface area (Å²) in [7, 11) is 0. The zero-order valence-corrected chi connectivity index (χ0v) is 29.4. The molecular weight excluding hydrogens is 657 g/mol. The molecule has 4 aliphatic carbocycles. The molecule has 2 aromatic carbocycles. The molecule has 2 saturated carbocycles. The monoisotopic (exact) mass is 696 g/mol. The van der Waals surface area contributed by atoms with Crippen LogP contribution >= 0.6 is 0 Å². The quantitative estimate of drug-likeness (QED) is 0.155. The van der Waals surface area contributed by atoms with E-state index in [1.807, 2.05) is 36.9 Å². The maximum absolute atomic E-state index is 12.7. The van der Waals surface area contributed by atoms with Crippen molar-refractivity contribution in [2.75, 3.05) is 0 Å². The van der Waals surface area contributed by atoms with Gasteiger partial charge in [-0.15, -0.1) is 0 Å². The van der Waals surface area contributed by atoms with Crippen molar-refractivity contribution in [2.45, 2.75) is 55.8 Å². The number of carbonyl (C=O) groups is 2. The summed E-state index contributed by atoms with van der Waals surface area (Å²) in [6, 6.07) is 29.2. The molecule has 0 spiro atoms. The number of aromatic nitrogens is 6. The number of nitrogens with zero attached hydrogens (tertiary/aromatic N) is 4. The highest BCUT2D eigenvalue weighted by atomic mass is 16.1. The fourth-order valence-electron chi connectivity index (χ4n) is 8.20. The van der Waals surface area contributed by atoms with Crippen LogP contribution in [0.5, 0.6) is 0 Å². The van der Waals surface area contributed by atoms with Crippen LogP contribution in [0.4, 0.5) is 0 Å². The molecule has 4 heterocycles.